The molecule has 0 aliphatic carbocycles. The molecule has 2 unspecified atom stereocenters. The fourth-order valence-electron chi connectivity index (χ4n) is 1.19. The summed E-state index contributed by atoms with van der Waals surface area (Å²) in [5.74, 6) is 0.585. The number of nitrogens with two attached hydrogens (primary N) is 1. The first kappa shape index (κ1) is 15.9. The summed E-state index contributed by atoms with van der Waals surface area (Å²) < 4.78 is 5.38. The van der Waals surface area contributed by atoms with Gasteiger partial charge in [0.2, 0.25) is 0 Å². The van der Waals surface area contributed by atoms with Gasteiger partial charge in [-0.25, -0.2) is 0 Å². The SMILES string of the molecule is CC(=O)C(C)Oc1ccc(C(O)CN)cc1.Cl. The lowest BCUT2D eigenvalue weighted by Gasteiger charge is -2.13. The lowest BCUT2D eigenvalue weighted by atomic mass is 10.1. The largest absolute Gasteiger partial charge is 0.483 e. The van der Waals surface area contributed by atoms with Crippen molar-refractivity contribution in [2.24, 2.45) is 5.73 Å². The molecule has 1 aromatic rings. The molecule has 0 fully saturated rings. The van der Waals surface area contributed by atoms with Crippen LogP contribution in [0.5, 0.6) is 5.75 Å². The van der Waals surface area contributed by atoms with Crippen molar-refractivity contribution < 1.29 is 14.6 Å². The second-order valence-corrected chi connectivity index (χ2v) is 3.69. The molecule has 3 N–H and O–H groups in total. The molecule has 0 radical (unpaired) electrons. The van der Waals surface area contributed by atoms with Gasteiger partial charge in [0.15, 0.2) is 11.9 Å². The van der Waals surface area contributed by atoms with Gasteiger partial charge in [-0.05, 0) is 31.5 Å². The molecule has 0 aliphatic heterocycles. The molecular weight excluding hydrogens is 242 g/mol. The zero-order valence-electron chi connectivity index (χ0n) is 9.92. The highest BCUT2D eigenvalue weighted by atomic mass is 35.5. The van der Waals surface area contributed by atoms with Crippen LogP contribution in [0.1, 0.15) is 25.5 Å². The normalized spacial score (nSPS) is 13.4. The highest BCUT2D eigenvalue weighted by molar-refractivity contribution is 5.85. The predicted molar refractivity (Wildman–Crippen MR) is 68.5 cm³/mol. The van der Waals surface area contributed by atoms with E-state index in [0.29, 0.717) is 5.75 Å². The molecule has 0 amide bonds. The molecule has 0 spiro atoms. The number of carbonyl (C=O) groups is 1. The Bertz CT molecular complexity index is 353. The van der Waals surface area contributed by atoms with Gasteiger partial charge in [0.05, 0.1) is 6.10 Å². The Morgan fingerprint density at radius 2 is 1.94 bits per heavy atom. The average molecular weight is 260 g/mol. The number of carbonyl (C=O) groups excluding carboxylic acids is 1. The Labute approximate surface area is 107 Å². The van der Waals surface area contributed by atoms with E-state index in [2.05, 4.69) is 0 Å². The van der Waals surface area contributed by atoms with Gasteiger partial charge in [-0.1, -0.05) is 12.1 Å². The number of rotatable bonds is 5. The van der Waals surface area contributed by atoms with E-state index in [9.17, 15) is 9.90 Å². The van der Waals surface area contributed by atoms with Crippen molar-refractivity contribution in [1.82, 2.24) is 0 Å². The molecule has 2 atom stereocenters. The van der Waals surface area contributed by atoms with Crippen LogP contribution >= 0.6 is 12.4 Å². The Morgan fingerprint density at radius 1 is 1.41 bits per heavy atom. The van der Waals surface area contributed by atoms with Crippen LogP contribution in [0.25, 0.3) is 0 Å². The molecule has 0 heterocycles. The molecule has 96 valence electrons. The summed E-state index contributed by atoms with van der Waals surface area (Å²) >= 11 is 0. The molecular formula is C12H18ClNO3. The summed E-state index contributed by atoms with van der Waals surface area (Å²) in [7, 11) is 0. The van der Waals surface area contributed by atoms with Crippen molar-refractivity contribution in [1.29, 1.82) is 0 Å². The zero-order chi connectivity index (χ0) is 12.1. The molecule has 17 heavy (non-hydrogen) atoms. The van der Waals surface area contributed by atoms with Gasteiger partial charge >= 0.3 is 0 Å². The number of aliphatic hydroxyl groups is 1. The number of aliphatic hydroxyl groups excluding tert-OH is 1. The van der Waals surface area contributed by atoms with Gasteiger partial charge in [0.25, 0.3) is 0 Å². The first-order valence-electron chi connectivity index (χ1n) is 5.19. The molecule has 0 bridgehead atoms. The van der Waals surface area contributed by atoms with Crippen molar-refractivity contribution in [3.05, 3.63) is 29.8 Å². The standard InChI is InChI=1S/C12H17NO3.ClH/c1-8(14)9(2)16-11-5-3-10(4-6-11)12(15)7-13;/h3-6,9,12,15H,7,13H2,1-2H3;1H. The van der Waals surface area contributed by atoms with E-state index >= 15 is 0 Å². The van der Waals surface area contributed by atoms with Crippen molar-refractivity contribution in [2.45, 2.75) is 26.1 Å². The van der Waals surface area contributed by atoms with E-state index in [-0.39, 0.29) is 24.7 Å². The summed E-state index contributed by atoms with van der Waals surface area (Å²) in [6.07, 6.45) is -1.11. The number of hydrogen-bond donors (Lipinski definition) is 2. The third-order valence-electron chi connectivity index (χ3n) is 2.37. The van der Waals surface area contributed by atoms with Gasteiger partial charge in [-0.15, -0.1) is 12.4 Å². The van der Waals surface area contributed by atoms with Crippen LogP contribution in [0.2, 0.25) is 0 Å². The summed E-state index contributed by atoms with van der Waals surface area (Å²) in [4.78, 5) is 11.0. The van der Waals surface area contributed by atoms with E-state index in [4.69, 9.17) is 10.5 Å². The minimum atomic E-state index is -0.653. The van der Waals surface area contributed by atoms with E-state index in [1.54, 1.807) is 31.2 Å². The zero-order valence-corrected chi connectivity index (χ0v) is 10.7. The maximum atomic E-state index is 11.0. The van der Waals surface area contributed by atoms with Crippen molar-refractivity contribution in [3.63, 3.8) is 0 Å². The van der Waals surface area contributed by atoms with Crippen molar-refractivity contribution in [3.8, 4) is 5.75 Å². The van der Waals surface area contributed by atoms with E-state index < -0.39 is 12.2 Å². The van der Waals surface area contributed by atoms with Crippen LogP contribution in [0.15, 0.2) is 24.3 Å². The summed E-state index contributed by atoms with van der Waals surface area (Å²) in [5.41, 5.74) is 6.08. The van der Waals surface area contributed by atoms with Crippen LogP contribution in [-0.2, 0) is 4.79 Å². The minimum Gasteiger partial charge on any atom is -0.483 e. The molecule has 0 aromatic heterocycles. The topological polar surface area (TPSA) is 72.5 Å². The summed E-state index contributed by atoms with van der Waals surface area (Å²) in [6, 6.07) is 6.90. The Hall–Kier alpha value is -1.10. The highest BCUT2D eigenvalue weighted by Crippen LogP contribution is 2.18. The highest BCUT2D eigenvalue weighted by Gasteiger charge is 2.09. The number of Topliss-reactive ketones (excluding diaryl/α,β-unsaturated/α-hetero) is 1. The second kappa shape index (κ2) is 7.27. The molecule has 1 aromatic carbocycles. The third-order valence-corrected chi connectivity index (χ3v) is 2.37. The Balaban J connectivity index is 0.00000256. The van der Waals surface area contributed by atoms with Crippen LogP contribution in [0.3, 0.4) is 0 Å². The van der Waals surface area contributed by atoms with Crippen molar-refractivity contribution in [2.75, 3.05) is 6.54 Å². The number of ether oxygens (including phenoxy) is 1. The Morgan fingerprint density at radius 3 is 2.35 bits per heavy atom. The maximum absolute atomic E-state index is 11.0. The quantitative estimate of drug-likeness (QED) is 0.840. The number of hydrogen-bond acceptors (Lipinski definition) is 4. The first-order chi connectivity index (χ1) is 7.54. The van der Waals surface area contributed by atoms with Crippen LogP contribution < -0.4 is 10.5 Å². The van der Waals surface area contributed by atoms with Gasteiger partial charge in [-0.3, -0.25) is 4.79 Å². The van der Waals surface area contributed by atoms with Gasteiger partial charge in [0.1, 0.15) is 5.75 Å². The Kier molecular flexibility index (Phi) is 6.80. The fourth-order valence-corrected chi connectivity index (χ4v) is 1.19. The average Bonchev–Trinajstić information content (AvgIpc) is 2.28. The van der Waals surface area contributed by atoms with Gasteiger partial charge < -0.3 is 15.6 Å². The number of ketones is 1. The van der Waals surface area contributed by atoms with Crippen LogP contribution in [0, 0.1) is 0 Å². The van der Waals surface area contributed by atoms with E-state index in [1.165, 1.54) is 6.92 Å². The lowest BCUT2D eigenvalue weighted by molar-refractivity contribution is -0.122. The molecule has 5 heteroatoms. The van der Waals surface area contributed by atoms with Crippen LogP contribution in [0.4, 0.5) is 0 Å². The van der Waals surface area contributed by atoms with E-state index in [0.717, 1.165) is 5.56 Å². The molecule has 1 rings (SSSR count). The van der Waals surface area contributed by atoms with E-state index in [1.807, 2.05) is 0 Å². The maximum Gasteiger partial charge on any atom is 0.169 e. The minimum absolute atomic E-state index is 0. The molecule has 0 saturated carbocycles. The lowest BCUT2D eigenvalue weighted by Crippen LogP contribution is -2.20. The fraction of sp³-hybridized carbons (Fsp3) is 0.417. The molecule has 4 nitrogen and oxygen atoms in total. The summed E-state index contributed by atoms with van der Waals surface area (Å²) in [6.45, 7) is 3.37. The second-order valence-electron chi connectivity index (χ2n) is 3.69. The van der Waals surface area contributed by atoms with Crippen molar-refractivity contribution >= 4 is 18.2 Å². The molecule has 0 aliphatic rings. The van der Waals surface area contributed by atoms with Gasteiger partial charge in [-0.2, -0.15) is 0 Å². The smallest absolute Gasteiger partial charge is 0.169 e. The molecule has 0 saturated heterocycles. The number of benzene rings is 1. The summed E-state index contributed by atoms with van der Waals surface area (Å²) in [5, 5.41) is 9.47. The van der Waals surface area contributed by atoms with Gasteiger partial charge in [0, 0.05) is 6.54 Å². The number of halogens is 1. The third kappa shape index (κ3) is 4.73. The monoisotopic (exact) mass is 259 g/mol. The predicted octanol–water partition coefficient (Wildman–Crippen LogP) is 1.46. The first-order valence-corrected chi connectivity index (χ1v) is 5.19. The van der Waals surface area contributed by atoms with Crippen LogP contribution in [-0.4, -0.2) is 23.5 Å².